The molecule has 0 spiro atoms. The molecule has 2 N–H and O–H groups in total. The molecule has 0 radical (unpaired) electrons. The number of aliphatic carboxylic acids is 1. The van der Waals surface area contributed by atoms with E-state index in [1.165, 1.54) is 55.6 Å². The molecule has 1 heterocycles. The van der Waals surface area contributed by atoms with Crippen LogP contribution in [-0.2, 0) is 36.7 Å². The van der Waals surface area contributed by atoms with Crippen molar-refractivity contribution in [1.82, 2.24) is 4.72 Å². The molecule has 1 saturated heterocycles. The minimum absolute atomic E-state index is 0.0193. The van der Waals surface area contributed by atoms with E-state index in [1.54, 1.807) is 0 Å². The van der Waals surface area contributed by atoms with Gasteiger partial charge in [-0.3, -0.25) is 4.79 Å². The van der Waals surface area contributed by atoms with Crippen LogP contribution in [0.15, 0.2) is 71.6 Å². The Morgan fingerprint density at radius 1 is 1.08 bits per heavy atom. The van der Waals surface area contributed by atoms with Crippen molar-refractivity contribution in [1.29, 1.82) is 0 Å². The van der Waals surface area contributed by atoms with Gasteiger partial charge in [-0.2, -0.15) is 4.72 Å². The highest BCUT2D eigenvalue weighted by molar-refractivity contribution is 7.89. The van der Waals surface area contributed by atoms with Crippen LogP contribution in [0.1, 0.15) is 17.5 Å². The van der Waals surface area contributed by atoms with Gasteiger partial charge in [0.05, 0.1) is 16.5 Å². The van der Waals surface area contributed by atoms with Gasteiger partial charge in [0.25, 0.3) is 0 Å². The van der Waals surface area contributed by atoms with Crippen LogP contribution in [0.3, 0.4) is 0 Å². The lowest BCUT2D eigenvalue weighted by molar-refractivity contribution is -0.201. The highest BCUT2D eigenvalue weighted by Crippen LogP contribution is 2.42. The van der Waals surface area contributed by atoms with Crippen molar-refractivity contribution >= 4 is 27.6 Å². The average Bonchev–Trinajstić information content (AvgIpc) is 3.25. The van der Waals surface area contributed by atoms with E-state index < -0.39 is 52.0 Å². The molecule has 0 saturated carbocycles. The number of sulfonamides is 1. The Bertz CT molecular complexity index is 1400. The standard InChI is InChI=1S/C25H22ClF2NO7S/c1-34-25(17-3-6-18(27)7-4-17)14-24(15-36-25,23(30)31)29-37(32,33)21-10-8-20(9-11-21)35-13-16-2-5-19(28)12-22(16)26/h2-12,29H,13-15H2,1H3,(H,30,31). The molecule has 3 aromatic rings. The first-order valence-electron chi connectivity index (χ1n) is 10.9. The van der Waals surface area contributed by atoms with Crippen LogP contribution in [0.4, 0.5) is 8.78 Å². The van der Waals surface area contributed by atoms with Crippen LogP contribution < -0.4 is 9.46 Å². The first-order chi connectivity index (χ1) is 17.5. The van der Waals surface area contributed by atoms with Crippen LogP contribution in [0.2, 0.25) is 5.02 Å². The van der Waals surface area contributed by atoms with Gasteiger partial charge in [0, 0.05) is 24.7 Å². The van der Waals surface area contributed by atoms with E-state index in [4.69, 9.17) is 25.8 Å². The summed E-state index contributed by atoms with van der Waals surface area (Å²) in [6.45, 7) is -0.516. The van der Waals surface area contributed by atoms with Crippen molar-refractivity contribution in [2.24, 2.45) is 0 Å². The molecular formula is C25H22ClF2NO7S. The lowest BCUT2D eigenvalue weighted by Gasteiger charge is -2.29. The van der Waals surface area contributed by atoms with Gasteiger partial charge in [-0.05, 0) is 48.5 Å². The molecule has 2 atom stereocenters. The Morgan fingerprint density at radius 2 is 1.73 bits per heavy atom. The smallest absolute Gasteiger partial charge is 0.327 e. The van der Waals surface area contributed by atoms with Gasteiger partial charge in [-0.25, -0.2) is 17.2 Å². The fraction of sp³-hybridized carbons (Fsp3) is 0.240. The minimum Gasteiger partial charge on any atom is -0.489 e. The van der Waals surface area contributed by atoms with Gasteiger partial charge in [-0.1, -0.05) is 29.8 Å². The number of hydrogen-bond donors (Lipinski definition) is 2. The van der Waals surface area contributed by atoms with E-state index in [-0.39, 0.29) is 16.5 Å². The topological polar surface area (TPSA) is 111 Å². The Morgan fingerprint density at radius 3 is 2.32 bits per heavy atom. The molecule has 0 aromatic heterocycles. The zero-order valence-corrected chi connectivity index (χ0v) is 21.0. The third-order valence-electron chi connectivity index (χ3n) is 5.98. The van der Waals surface area contributed by atoms with E-state index in [9.17, 15) is 27.1 Å². The monoisotopic (exact) mass is 553 g/mol. The number of carboxylic acid groups (broad SMARTS) is 1. The van der Waals surface area contributed by atoms with E-state index in [2.05, 4.69) is 4.72 Å². The number of hydrogen-bond acceptors (Lipinski definition) is 6. The molecule has 2 unspecified atom stereocenters. The molecule has 8 nitrogen and oxygen atoms in total. The van der Waals surface area contributed by atoms with Gasteiger partial charge in [-0.15, -0.1) is 0 Å². The summed E-state index contributed by atoms with van der Waals surface area (Å²) in [6.07, 6.45) is -0.406. The van der Waals surface area contributed by atoms with Crippen LogP contribution >= 0.6 is 11.6 Å². The highest BCUT2D eigenvalue weighted by Gasteiger charge is 2.57. The molecule has 0 bridgehead atoms. The van der Waals surface area contributed by atoms with Crippen LogP contribution in [0.25, 0.3) is 0 Å². The third kappa shape index (κ3) is 5.60. The Hall–Kier alpha value is -3.09. The van der Waals surface area contributed by atoms with Crippen molar-refractivity contribution in [3.63, 3.8) is 0 Å². The number of halogens is 3. The molecule has 37 heavy (non-hydrogen) atoms. The number of carboxylic acids is 1. The van der Waals surface area contributed by atoms with Crippen molar-refractivity contribution in [2.75, 3.05) is 13.7 Å². The molecule has 12 heteroatoms. The van der Waals surface area contributed by atoms with Gasteiger partial charge in [0.15, 0.2) is 11.3 Å². The second-order valence-electron chi connectivity index (χ2n) is 8.42. The number of benzene rings is 3. The molecule has 4 rings (SSSR count). The Balaban J connectivity index is 1.51. The van der Waals surface area contributed by atoms with E-state index in [1.807, 2.05) is 0 Å². The molecule has 1 fully saturated rings. The molecule has 3 aromatic carbocycles. The second kappa shape index (κ2) is 10.3. The van der Waals surface area contributed by atoms with E-state index in [0.717, 1.165) is 18.2 Å². The quantitative estimate of drug-likeness (QED) is 0.408. The maximum absolute atomic E-state index is 13.4. The number of ether oxygens (including phenoxy) is 3. The maximum atomic E-state index is 13.4. The Kier molecular flexibility index (Phi) is 7.54. The van der Waals surface area contributed by atoms with Crippen LogP contribution in [0.5, 0.6) is 5.75 Å². The summed E-state index contributed by atoms with van der Waals surface area (Å²) < 4.78 is 71.8. The van der Waals surface area contributed by atoms with Crippen LogP contribution in [0, 0.1) is 11.6 Å². The third-order valence-corrected chi connectivity index (χ3v) is 7.89. The summed E-state index contributed by atoms with van der Waals surface area (Å²) in [4.78, 5) is 12.1. The molecule has 0 amide bonds. The highest BCUT2D eigenvalue weighted by atomic mass is 35.5. The molecule has 1 aliphatic rings. The SMILES string of the molecule is COC1(c2ccc(F)cc2)CC(NS(=O)(=O)c2ccc(OCc3ccc(F)cc3Cl)cc2)(C(=O)O)CO1. The van der Waals surface area contributed by atoms with Gasteiger partial charge in [0.2, 0.25) is 10.0 Å². The van der Waals surface area contributed by atoms with Gasteiger partial charge in [0.1, 0.15) is 24.0 Å². The molecule has 0 aliphatic carbocycles. The lowest BCUT2D eigenvalue weighted by atomic mass is 9.91. The summed E-state index contributed by atoms with van der Waals surface area (Å²) >= 11 is 5.99. The summed E-state index contributed by atoms with van der Waals surface area (Å²) in [5.41, 5.74) is -1.19. The summed E-state index contributed by atoms with van der Waals surface area (Å²) in [5, 5.41) is 10.2. The van der Waals surface area contributed by atoms with E-state index >= 15 is 0 Å². The lowest BCUT2D eigenvalue weighted by Crippen LogP contribution is -2.55. The zero-order chi connectivity index (χ0) is 26.8. The largest absolute Gasteiger partial charge is 0.489 e. The fourth-order valence-electron chi connectivity index (χ4n) is 3.95. The normalized spacial score (nSPS) is 21.6. The molecule has 196 valence electrons. The van der Waals surface area contributed by atoms with Gasteiger partial charge >= 0.3 is 5.97 Å². The first-order valence-corrected chi connectivity index (χ1v) is 12.7. The maximum Gasteiger partial charge on any atom is 0.327 e. The number of carbonyl (C=O) groups is 1. The zero-order valence-electron chi connectivity index (χ0n) is 19.4. The number of methoxy groups -OCH3 is 1. The summed E-state index contributed by atoms with van der Waals surface area (Å²) in [6, 6.07) is 14.2. The van der Waals surface area contributed by atoms with Crippen molar-refractivity contribution in [3.05, 3.63) is 94.5 Å². The predicted octanol–water partition coefficient (Wildman–Crippen LogP) is 4.22. The van der Waals surface area contributed by atoms with Gasteiger partial charge < -0.3 is 19.3 Å². The fourth-order valence-corrected chi connectivity index (χ4v) is 5.52. The average molecular weight is 554 g/mol. The van der Waals surface area contributed by atoms with Crippen molar-refractivity contribution < 1.29 is 41.3 Å². The van der Waals surface area contributed by atoms with E-state index in [0.29, 0.717) is 16.9 Å². The Labute approximate surface area is 216 Å². The summed E-state index contributed by atoms with van der Waals surface area (Å²) in [5.74, 6) is -3.75. The van der Waals surface area contributed by atoms with Crippen LogP contribution in [-0.4, -0.2) is 38.7 Å². The number of nitrogens with one attached hydrogen (secondary N) is 1. The predicted molar refractivity (Wildman–Crippen MR) is 129 cm³/mol. The minimum atomic E-state index is -4.33. The molecule has 1 aliphatic heterocycles. The molecular weight excluding hydrogens is 532 g/mol. The second-order valence-corrected chi connectivity index (χ2v) is 10.5. The number of rotatable bonds is 9. The first kappa shape index (κ1) is 27.0. The summed E-state index contributed by atoms with van der Waals surface area (Å²) in [7, 11) is -3.05. The van der Waals surface area contributed by atoms with Crippen molar-refractivity contribution in [3.8, 4) is 5.75 Å². The van der Waals surface area contributed by atoms with Crippen molar-refractivity contribution in [2.45, 2.75) is 29.2 Å².